The number of fused-ring (bicyclic) bond motifs is 2. The third-order valence-electron chi connectivity index (χ3n) is 5.32. The predicted molar refractivity (Wildman–Crippen MR) is 113 cm³/mol. The number of nitrogens with one attached hydrogen (secondary N) is 1. The topological polar surface area (TPSA) is 41.6 Å². The molecule has 2 aromatic rings. The van der Waals surface area contributed by atoms with Crippen LogP contribution in [0, 0.1) is 0 Å². The minimum Gasteiger partial charge on any atom is -0.444 e. The van der Waals surface area contributed by atoms with Crippen LogP contribution in [0.15, 0.2) is 54.6 Å². The number of hydrogen-bond donors (Lipinski definition) is 1. The van der Waals surface area contributed by atoms with Crippen LogP contribution in [0.4, 0.5) is 10.5 Å². The average molecular weight is 377 g/mol. The van der Waals surface area contributed by atoms with Crippen LogP contribution in [-0.2, 0) is 11.2 Å². The summed E-state index contributed by atoms with van der Waals surface area (Å²) < 4.78 is 5.57. The molecule has 4 rings (SSSR count). The van der Waals surface area contributed by atoms with Crippen molar-refractivity contribution in [1.82, 2.24) is 5.32 Å². The first-order valence-electron chi connectivity index (χ1n) is 10.0. The number of para-hydroxylation sites is 1. The number of anilines is 1. The van der Waals surface area contributed by atoms with E-state index in [1.165, 1.54) is 11.3 Å². The maximum Gasteiger partial charge on any atom is 0.408 e. The van der Waals surface area contributed by atoms with Gasteiger partial charge in [-0.1, -0.05) is 54.6 Å². The van der Waals surface area contributed by atoms with Gasteiger partial charge in [0.25, 0.3) is 0 Å². The summed E-state index contributed by atoms with van der Waals surface area (Å²) in [6.45, 7) is 6.64. The molecular weight excluding hydrogens is 348 g/mol. The molecule has 1 N–H and O–H groups in total. The lowest BCUT2D eigenvalue weighted by atomic mass is 9.87. The summed E-state index contributed by atoms with van der Waals surface area (Å²) >= 11 is 0. The average Bonchev–Trinajstić information content (AvgIpc) is 2.66. The van der Waals surface area contributed by atoms with Gasteiger partial charge in [0.2, 0.25) is 0 Å². The van der Waals surface area contributed by atoms with E-state index in [1.54, 1.807) is 0 Å². The molecular formula is C24H28N2O2. The van der Waals surface area contributed by atoms with Crippen molar-refractivity contribution >= 4 is 17.9 Å². The van der Waals surface area contributed by atoms with Crippen LogP contribution >= 0.6 is 0 Å². The zero-order valence-corrected chi connectivity index (χ0v) is 16.8. The highest BCUT2D eigenvalue weighted by Gasteiger charge is 2.34. The number of carbonyl (C=O) groups is 1. The largest absolute Gasteiger partial charge is 0.444 e. The lowest BCUT2D eigenvalue weighted by Gasteiger charge is -2.42. The highest BCUT2D eigenvalue weighted by atomic mass is 16.6. The highest BCUT2D eigenvalue weighted by Crippen LogP contribution is 2.37. The molecule has 146 valence electrons. The van der Waals surface area contributed by atoms with Crippen LogP contribution in [0.5, 0.6) is 0 Å². The molecule has 0 saturated carbocycles. The minimum atomic E-state index is -0.526. The summed E-state index contributed by atoms with van der Waals surface area (Å²) in [5, 5.41) is 3.16. The second-order valence-electron chi connectivity index (χ2n) is 8.53. The quantitative estimate of drug-likeness (QED) is 0.793. The normalized spacial score (nSPS) is 20.9. The number of aryl methyl sites for hydroxylation is 1. The fourth-order valence-electron chi connectivity index (χ4n) is 4.20. The van der Waals surface area contributed by atoms with E-state index in [0.29, 0.717) is 0 Å². The molecule has 28 heavy (non-hydrogen) atoms. The molecule has 1 aliphatic carbocycles. The Balaban J connectivity index is 1.69. The molecule has 1 aliphatic heterocycles. The molecule has 0 saturated heterocycles. The van der Waals surface area contributed by atoms with Crippen molar-refractivity contribution in [1.29, 1.82) is 0 Å². The van der Waals surface area contributed by atoms with E-state index in [4.69, 9.17) is 4.74 Å². The summed E-state index contributed by atoms with van der Waals surface area (Å²) in [7, 11) is 0. The van der Waals surface area contributed by atoms with Gasteiger partial charge >= 0.3 is 6.09 Å². The van der Waals surface area contributed by atoms with Gasteiger partial charge in [-0.15, -0.1) is 0 Å². The summed E-state index contributed by atoms with van der Waals surface area (Å²) in [4.78, 5) is 15.1. The summed E-state index contributed by atoms with van der Waals surface area (Å²) in [6.07, 6.45) is 6.22. The van der Waals surface area contributed by atoms with Gasteiger partial charge in [-0.25, -0.2) is 4.79 Å². The Hall–Kier alpha value is -2.75. The number of hydrogen-bond acceptors (Lipinski definition) is 3. The predicted octanol–water partition coefficient (Wildman–Crippen LogP) is 5.10. The first-order valence-corrected chi connectivity index (χ1v) is 10.0. The standard InChI is InChI=1S/C24H28N2O2/c1-24(2,3)28-23(27)25-22-19-12-6-4-9-17(19)14-15-21(22)26-16-8-11-18-10-5-7-13-20(18)26/h4-7,9-10,12-15,21-22H,8,11,16H2,1-3H3,(H,25,27)/t21-,22-/m1/s1. The Morgan fingerprint density at radius 3 is 2.68 bits per heavy atom. The number of amides is 1. The van der Waals surface area contributed by atoms with Crippen LogP contribution in [-0.4, -0.2) is 24.3 Å². The highest BCUT2D eigenvalue weighted by molar-refractivity contribution is 5.71. The molecule has 0 bridgehead atoms. The number of alkyl carbamates (subject to hydrolysis) is 1. The molecule has 0 radical (unpaired) electrons. The molecule has 4 heteroatoms. The fraction of sp³-hybridized carbons (Fsp3) is 0.375. The van der Waals surface area contributed by atoms with Crippen molar-refractivity contribution in [3.63, 3.8) is 0 Å². The van der Waals surface area contributed by atoms with Crippen molar-refractivity contribution in [2.24, 2.45) is 0 Å². The zero-order chi connectivity index (χ0) is 19.7. The maximum absolute atomic E-state index is 12.6. The van der Waals surface area contributed by atoms with E-state index >= 15 is 0 Å². The SMILES string of the molecule is CC(C)(C)OC(=O)N[C@@H]1c2ccccc2C=C[C@H]1N1CCCc2ccccc21. The molecule has 0 spiro atoms. The van der Waals surface area contributed by atoms with Crippen molar-refractivity contribution in [3.05, 3.63) is 71.3 Å². The first kappa shape index (κ1) is 18.6. The van der Waals surface area contributed by atoms with Gasteiger partial charge in [0.15, 0.2) is 0 Å². The molecule has 0 unspecified atom stereocenters. The van der Waals surface area contributed by atoms with E-state index in [1.807, 2.05) is 32.9 Å². The Bertz CT molecular complexity index is 897. The van der Waals surface area contributed by atoms with E-state index in [2.05, 4.69) is 58.8 Å². The number of rotatable bonds is 2. The van der Waals surface area contributed by atoms with Crippen molar-refractivity contribution in [2.75, 3.05) is 11.4 Å². The van der Waals surface area contributed by atoms with Gasteiger partial charge in [0.1, 0.15) is 5.60 Å². The number of ether oxygens (including phenoxy) is 1. The Morgan fingerprint density at radius 2 is 1.86 bits per heavy atom. The zero-order valence-electron chi connectivity index (χ0n) is 16.8. The monoisotopic (exact) mass is 376 g/mol. The fourth-order valence-corrected chi connectivity index (χ4v) is 4.20. The lowest BCUT2D eigenvalue weighted by Crippen LogP contribution is -2.49. The summed E-state index contributed by atoms with van der Waals surface area (Å²) in [6, 6.07) is 16.7. The second kappa shape index (κ2) is 7.34. The smallest absolute Gasteiger partial charge is 0.408 e. The Kier molecular flexibility index (Phi) is 4.88. The Labute approximate surface area is 167 Å². The molecule has 0 fully saturated rings. The van der Waals surface area contributed by atoms with Crippen LogP contribution in [0.3, 0.4) is 0 Å². The minimum absolute atomic E-state index is 0.0452. The van der Waals surface area contributed by atoms with Gasteiger partial charge < -0.3 is 15.0 Å². The lowest BCUT2D eigenvalue weighted by molar-refractivity contribution is 0.0498. The van der Waals surface area contributed by atoms with Crippen LogP contribution in [0.1, 0.15) is 49.9 Å². The third kappa shape index (κ3) is 3.77. The van der Waals surface area contributed by atoms with Gasteiger partial charge in [0.05, 0.1) is 12.1 Å². The number of carbonyl (C=O) groups excluding carboxylic acids is 1. The van der Waals surface area contributed by atoms with E-state index in [-0.39, 0.29) is 18.2 Å². The van der Waals surface area contributed by atoms with E-state index < -0.39 is 5.60 Å². The van der Waals surface area contributed by atoms with Gasteiger partial charge in [-0.05, 0) is 56.4 Å². The van der Waals surface area contributed by atoms with Crippen LogP contribution in [0.2, 0.25) is 0 Å². The van der Waals surface area contributed by atoms with Gasteiger partial charge in [-0.2, -0.15) is 0 Å². The van der Waals surface area contributed by atoms with Gasteiger partial charge in [-0.3, -0.25) is 0 Å². The first-order chi connectivity index (χ1) is 13.4. The van der Waals surface area contributed by atoms with E-state index in [9.17, 15) is 4.79 Å². The maximum atomic E-state index is 12.6. The molecule has 4 nitrogen and oxygen atoms in total. The molecule has 0 aromatic heterocycles. The molecule has 1 heterocycles. The van der Waals surface area contributed by atoms with E-state index in [0.717, 1.165) is 30.5 Å². The third-order valence-corrected chi connectivity index (χ3v) is 5.32. The molecule has 1 amide bonds. The van der Waals surface area contributed by atoms with Crippen LogP contribution in [0.25, 0.3) is 6.08 Å². The molecule has 2 atom stereocenters. The number of nitrogens with zero attached hydrogens (tertiary/aromatic N) is 1. The van der Waals surface area contributed by atoms with Crippen molar-refractivity contribution in [2.45, 2.75) is 51.3 Å². The number of benzene rings is 2. The van der Waals surface area contributed by atoms with Gasteiger partial charge in [0, 0.05) is 12.2 Å². The van der Waals surface area contributed by atoms with Crippen LogP contribution < -0.4 is 10.2 Å². The summed E-state index contributed by atoms with van der Waals surface area (Å²) in [5.41, 5.74) is 4.38. The Morgan fingerprint density at radius 1 is 1.11 bits per heavy atom. The van der Waals surface area contributed by atoms with Crippen molar-refractivity contribution in [3.8, 4) is 0 Å². The summed E-state index contributed by atoms with van der Waals surface area (Å²) in [5.74, 6) is 0. The molecule has 2 aromatic carbocycles. The second-order valence-corrected chi connectivity index (χ2v) is 8.53. The molecule has 2 aliphatic rings. The van der Waals surface area contributed by atoms with Crippen molar-refractivity contribution < 1.29 is 9.53 Å².